The summed E-state index contributed by atoms with van der Waals surface area (Å²) < 4.78 is 13.7. The van der Waals surface area contributed by atoms with Crippen molar-refractivity contribution >= 4 is 101 Å². The van der Waals surface area contributed by atoms with E-state index in [-0.39, 0.29) is 11.1 Å². The average Bonchev–Trinajstić information content (AvgIpc) is 4.55. The molecule has 416 valence electrons. The summed E-state index contributed by atoms with van der Waals surface area (Å²) in [5, 5.41) is 44.7. The van der Waals surface area contributed by atoms with Crippen molar-refractivity contribution in [1.82, 2.24) is 0 Å². The maximum Gasteiger partial charge on any atom is 0.146 e. The highest BCUT2D eigenvalue weighted by atomic mass is 32.1. The minimum atomic E-state index is 0.166. The Balaban J connectivity index is 1.44. The van der Waals surface area contributed by atoms with Gasteiger partial charge in [-0.3, -0.25) is 0 Å². The Kier molecular flexibility index (Phi) is 22.6. The topological polar surface area (TPSA) is 95.2 Å². The van der Waals surface area contributed by atoms with Gasteiger partial charge < -0.3 is 0 Å². The van der Waals surface area contributed by atoms with Gasteiger partial charge in [-0.2, -0.15) is 21.0 Å². The van der Waals surface area contributed by atoms with Crippen LogP contribution in [0, 0.1) is 114 Å². The van der Waals surface area contributed by atoms with Crippen molar-refractivity contribution in [3.05, 3.63) is 149 Å². The van der Waals surface area contributed by atoms with Gasteiger partial charge >= 0.3 is 0 Å². The van der Waals surface area contributed by atoms with Gasteiger partial charge in [-0.15, -0.1) is 68.0 Å². The van der Waals surface area contributed by atoms with Crippen LogP contribution in [0.5, 0.6) is 0 Å². The first-order valence-corrected chi connectivity index (χ1v) is 34.9. The number of fused-ring (bicyclic) bond motifs is 2. The largest absolute Gasteiger partial charge is 0.192 e. The Morgan fingerprint density at radius 3 is 0.838 bits per heavy atom. The number of thiophene rings is 6. The smallest absolute Gasteiger partial charge is 0.146 e. The monoisotopic (exact) mass is 1170 g/mol. The van der Waals surface area contributed by atoms with Crippen molar-refractivity contribution in [3.63, 3.8) is 0 Å². The molecule has 2 aromatic carbocycles. The molecule has 4 nitrogen and oxygen atoms in total. The van der Waals surface area contributed by atoms with E-state index in [1.165, 1.54) is 183 Å². The molecular weight excluding hydrogens is 1090 g/mol. The molecule has 4 unspecified atom stereocenters. The normalized spacial score (nSPS) is 15.2. The summed E-state index contributed by atoms with van der Waals surface area (Å²) in [7, 11) is 0. The number of nitriles is 4. The summed E-state index contributed by atoms with van der Waals surface area (Å²) in [4.78, 5) is 0. The van der Waals surface area contributed by atoms with E-state index in [4.69, 9.17) is 0 Å². The number of rotatable bonds is 24. The van der Waals surface area contributed by atoms with Crippen molar-refractivity contribution in [2.24, 2.45) is 23.7 Å². The van der Waals surface area contributed by atoms with Gasteiger partial charge in [0.25, 0.3) is 0 Å². The molecule has 0 aliphatic carbocycles. The molecule has 6 aromatic heterocycles. The van der Waals surface area contributed by atoms with Crippen molar-refractivity contribution in [2.45, 2.75) is 184 Å². The van der Waals surface area contributed by atoms with Gasteiger partial charge in [0.15, 0.2) is 0 Å². The second-order valence-electron chi connectivity index (χ2n) is 22.2. The molecule has 6 heterocycles. The predicted octanol–water partition coefficient (Wildman–Crippen LogP) is 20.2. The first-order valence-electron chi connectivity index (χ1n) is 30.0. The third-order valence-corrected chi connectivity index (χ3v) is 24.5. The lowest BCUT2D eigenvalue weighted by Crippen LogP contribution is -2.10. The van der Waals surface area contributed by atoms with Crippen LogP contribution < -0.4 is 9.06 Å². The van der Waals surface area contributed by atoms with E-state index in [1.54, 1.807) is 22.7 Å². The number of benzene rings is 2. The molecule has 10 heteroatoms. The number of hydrogen-bond acceptors (Lipinski definition) is 10. The predicted molar refractivity (Wildman–Crippen MR) is 346 cm³/mol. The Morgan fingerprint density at radius 1 is 0.338 bits per heavy atom. The minimum absolute atomic E-state index is 0.166. The first kappa shape index (κ1) is 60.9. The van der Waals surface area contributed by atoms with E-state index in [2.05, 4.69) is 140 Å². The second kappa shape index (κ2) is 29.7. The molecule has 0 bridgehead atoms. The summed E-state index contributed by atoms with van der Waals surface area (Å²) in [6, 6.07) is 36.3. The molecule has 0 radical (unpaired) electrons. The summed E-state index contributed by atoms with van der Waals surface area (Å²) in [5.74, 6) is 2.57. The molecular formula is C70H80N4S6. The molecule has 0 amide bonds. The SMILES string of the molecule is CCCCC(CC)Cc1cc2/c(=c3\ccc(=C(C#N)C#N)s3)s/c(=c3\cc/c(=c4\cc/c(=c5\s/c(=c6\ccc(=C(C#N)C#N)s6)c6cc(CC(CC)CCCC)c(CC(CC)CCCC)cc56)s4)s3)c2cc1CC(CC)CCCC. The van der Waals surface area contributed by atoms with Gasteiger partial charge in [0.2, 0.25) is 0 Å². The van der Waals surface area contributed by atoms with Crippen molar-refractivity contribution in [1.29, 1.82) is 21.0 Å². The minimum Gasteiger partial charge on any atom is -0.192 e. The lowest BCUT2D eigenvalue weighted by molar-refractivity contribution is 0.434. The fraction of sp³-hybridized carbons (Fsp3) is 0.457. The quantitative estimate of drug-likeness (QED) is 0.0602. The molecule has 4 atom stereocenters. The lowest BCUT2D eigenvalue weighted by Gasteiger charge is -2.21. The third-order valence-electron chi connectivity index (χ3n) is 16.8. The Morgan fingerprint density at radius 2 is 0.588 bits per heavy atom. The summed E-state index contributed by atoms with van der Waals surface area (Å²) in [5.41, 5.74) is 6.34. The van der Waals surface area contributed by atoms with E-state index < -0.39 is 0 Å². The van der Waals surface area contributed by atoms with Crippen LogP contribution >= 0.6 is 68.0 Å². The van der Waals surface area contributed by atoms with Gasteiger partial charge in [0.05, 0.1) is 27.2 Å². The van der Waals surface area contributed by atoms with E-state index in [0.717, 1.165) is 43.8 Å². The highest BCUT2D eigenvalue weighted by molar-refractivity contribution is 7.16. The van der Waals surface area contributed by atoms with Crippen LogP contribution in [-0.2, 0) is 25.7 Å². The molecule has 0 aliphatic heterocycles. The zero-order chi connectivity index (χ0) is 56.7. The van der Waals surface area contributed by atoms with E-state index in [0.29, 0.717) is 23.7 Å². The molecule has 0 spiro atoms. The van der Waals surface area contributed by atoms with Crippen molar-refractivity contribution in [3.8, 4) is 24.3 Å². The third kappa shape index (κ3) is 14.2. The average molecular weight is 1170 g/mol. The van der Waals surface area contributed by atoms with E-state index in [9.17, 15) is 21.0 Å². The second-order valence-corrected chi connectivity index (χ2v) is 28.6. The number of hydrogen-bond donors (Lipinski definition) is 0. The standard InChI is InChI=1S/C70H80N4S6/c1-9-17-21-45(13-5)33-49-37-55-57(39-51(49)35-47(15-7)23-19-11-3)69(79-67(55)63-29-25-59(75-63)53(41-71)42-72)65-31-27-61(77-65)62-28-32-66(78-62)70-58-40-52(36-48(16-8)24-20-12-4)50(34-46(14-6)22-18-10-2)38-56(58)68(80-70)64-30-26-60(76-64)54(43-73)44-74/h25-32,37-40,45-48H,9-24,33-36H2,1-8H3/b62-61-,67-63-,68-64+,69-65+,70-66+. The van der Waals surface area contributed by atoms with Gasteiger partial charge in [0, 0.05) is 48.7 Å². The van der Waals surface area contributed by atoms with Gasteiger partial charge in [0.1, 0.15) is 35.4 Å². The molecule has 80 heavy (non-hydrogen) atoms. The molecule has 0 fully saturated rings. The summed E-state index contributed by atoms with van der Waals surface area (Å²) in [6.07, 6.45) is 24.0. The highest BCUT2D eigenvalue weighted by Gasteiger charge is 2.20. The van der Waals surface area contributed by atoms with Gasteiger partial charge in [-0.25, -0.2) is 0 Å². The molecule has 0 saturated carbocycles. The van der Waals surface area contributed by atoms with Crippen LogP contribution in [0.4, 0.5) is 0 Å². The van der Waals surface area contributed by atoms with E-state index in [1.807, 2.05) is 57.5 Å². The Hall–Kier alpha value is -5.14. The van der Waals surface area contributed by atoms with Crippen LogP contribution in [0.15, 0.2) is 72.8 Å². The first-order chi connectivity index (χ1) is 39.1. The van der Waals surface area contributed by atoms with Crippen LogP contribution in [0.25, 0.3) is 32.7 Å². The Labute approximate surface area is 499 Å². The van der Waals surface area contributed by atoms with Crippen LogP contribution in [0.2, 0.25) is 0 Å². The maximum atomic E-state index is 9.88. The van der Waals surface area contributed by atoms with Crippen LogP contribution in [0.3, 0.4) is 0 Å². The Bertz CT molecular complexity index is 3950. The number of unbranched alkanes of at least 4 members (excludes halogenated alkanes) is 4. The summed E-state index contributed by atoms with van der Waals surface area (Å²) in [6.45, 7) is 18.7. The lowest BCUT2D eigenvalue weighted by atomic mass is 9.84. The molecule has 8 rings (SSSR count). The van der Waals surface area contributed by atoms with Gasteiger partial charge in [-0.05, 0) is 144 Å². The van der Waals surface area contributed by atoms with E-state index >= 15 is 0 Å². The summed E-state index contributed by atoms with van der Waals surface area (Å²) >= 11 is 10.6. The maximum absolute atomic E-state index is 9.88. The zero-order valence-electron chi connectivity index (χ0n) is 48.6. The molecule has 0 N–H and O–H groups in total. The fourth-order valence-corrected chi connectivity index (χ4v) is 18.7. The van der Waals surface area contributed by atoms with Crippen molar-refractivity contribution in [2.75, 3.05) is 0 Å². The zero-order valence-corrected chi connectivity index (χ0v) is 53.5. The molecule has 0 saturated heterocycles. The van der Waals surface area contributed by atoms with Crippen LogP contribution in [0.1, 0.15) is 180 Å². The molecule has 8 aromatic rings. The molecule has 0 aliphatic rings. The van der Waals surface area contributed by atoms with Crippen LogP contribution in [-0.4, -0.2) is 0 Å². The van der Waals surface area contributed by atoms with Crippen molar-refractivity contribution < 1.29 is 0 Å². The van der Waals surface area contributed by atoms with Gasteiger partial charge in [-0.1, -0.05) is 158 Å². The number of nitrogens with zero attached hydrogens (tertiary/aromatic N) is 4. The highest BCUT2D eigenvalue weighted by Crippen LogP contribution is 2.37. The fourth-order valence-electron chi connectivity index (χ4n) is 11.7.